The number of urea groups is 1. The number of hydrogen-bond acceptors (Lipinski definition) is 5. The molecule has 0 aromatic heterocycles. The predicted octanol–water partition coefficient (Wildman–Crippen LogP) is 1.30. The lowest BCUT2D eigenvalue weighted by atomic mass is 10.1. The minimum Gasteiger partial charge on any atom is -0.481 e. The molecule has 1 rings (SSSR count). The number of benzene rings is 1. The lowest BCUT2D eigenvalue weighted by Gasteiger charge is -2.18. The maximum Gasteiger partial charge on any atom is 0.327 e. The van der Waals surface area contributed by atoms with E-state index in [4.69, 9.17) is 10.2 Å². The van der Waals surface area contributed by atoms with Gasteiger partial charge in [0, 0.05) is 17.9 Å². The van der Waals surface area contributed by atoms with E-state index in [0.29, 0.717) is 5.75 Å². The summed E-state index contributed by atoms with van der Waals surface area (Å²) in [6.45, 7) is 1.96. The molecule has 1 aromatic carbocycles. The Labute approximate surface area is 160 Å². The number of rotatable bonds is 11. The molecule has 0 radical (unpaired) electrons. The zero-order valence-corrected chi connectivity index (χ0v) is 15.5. The molecule has 1 aromatic rings. The van der Waals surface area contributed by atoms with Gasteiger partial charge in [-0.25, -0.2) is 14.4 Å². The molecule has 148 valence electrons. The van der Waals surface area contributed by atoms with Gasteiger partial charge in [-0.2, -0.15) is 11.8 Å². The van der Waals surface area contributed by atoms with E-state index in [9.17, 15) is 24.3 Å². The lowest BCUT2D eigenvalue weighted by molar-refractivity contribution is -0.140. The van der Waals surface area contributed by atoms with Gasteiger partial charge in [-0.05, 0) is 18.9 Å². The zero-order chi connectivity index (χ0) is 20.4. The largest absolute Gasteiger partial charge is 0.481 e. The molecule has 0 fully saturated rings. The van der Waals surface area contributed by atoms with Crippen LogP contribution in [-0.2, 0) is 20.1 Å². The third-order valence-electron chi connectivity index (χ3n) is 3.53. The number of carboxylic acid groups (broad SMARTS) is 3. The van der Waals surface area contributed by atoms with Gasteiger partial charge in [0.05, 0.1) is 0 Å². The Kier molecular flexibility index (Phi) is 9.14. The van der Waals surface area contributed by atoms with Crippen LogP contribution in [0.25, 0.3) is 0 Å². The van der Waals surface area contributed by atoms with E-state index < -0.39 is 42.4 Å². The van der Waals surface area contributed by atoms with Crippen molar-refractivity contribution in [1.82, 2.24) is 10.6 Å². The Morgan fingerprint density at radius 3 is 2.04 bits per heavy atom. The van der Waals surface area contributed by atoms with Gasteiger partial charge in [-0.3, -0.25) is 4.79 Å². The summed E-state index contributed by atoms with van der Waals surface area (Å²) >= 11 is 1.31. The fourth-order valence-corrected chi connectivity index (χ4v) is 3.04. The molecule has 0 unspecified atom stereocenters. The summed E-state index contributed by atoms with van der Waals surface area (Å²) in [6, 6.07) is 4.14. The highest BCUT2D eigenvalue weighted by Gasteiger charge is 2.24. The maximum absolute atomic E-state index is 11.9. The Bertz CT molecular complexity index is 678. The first-order valence-corrected chi connectivity index (χ1v) is 9.22. The Morgan fingerprint density at radius 1 is 0.963 bits per heavy atom. The van der Waals surface area contributed by atoms with Gasteiger partial charge < -0.3 is 26.0 Å². The first kappa shape index (κ1) is 22.3. The van der Waals surface area contributed by atoms with E-state index in [1.54, 1.807) is 0 Å². The van der Waals surface area contributed by atoms with E-state index in [2.05, 4.69) is 10.6 Å². The average Bonchev–Trinajstić information content (AvgIpc) is 2.58. The fraction of sp³-hybridized carbons (Fsp3) is 0.412. The van der Waals surface area contributed by atoms with Gasteiger partial charge in [-0.1, -0.05) is 29.8 Å². The smallest absolute Gasteiger partial charge is 0.327 e. The van der Waals surface area contributed by atoms with Crippen molar-refractivity contribution in [2.24, 2.45) is 0 Å². The summed E-state index contributed by atoms with van der Waals surface area (Å²) in [6.07, 6.45) is -0.746. The summed E-state index contributed by atoms with van der Waals surface area (Å²) < 4.78 is 0. The van der Waals surface area contributed by atoms with Gasteiger partial charge in [0.25, 0.3) is 0 Å². The van der Waals surface area contributed by atoms with Crippen molar-refractivity contribution in [1.29, 1.82) is 0 Å². The van der Waals surface area contributed by atoms with Crippen molar-refractivity contribution in [2.45, 2.75) is 37.6 Å². The third kappa shape index (κ3) is 8.95. The van der Waals surface area contributed by atoms with E-state index in [0.717, 1.165) is 11.1 Å². The molecular weight excluding hydrogens is 376 g/mol. The molecular formula is C17H22N2O7S. The number of nitrogens with one attached hydrogen (secondary N) is 2. The molecule has 2 amide bonds. The first-order valence-electron chi connectivity index (χ1n) is 8.06. The van der Waals surface area contributed by atoms with Gasteiger partial charge in [0.2, 0.25) is 0 Å². The summed E-state index contributed by atoms with van der Waals surface area (Å²) in [7, 11) is 0. The van der Waals surface area contributed by atoms with Crippen molar-refractivity contribution in [3.63, 3.8) is 0 Å². The molecule has 0 saturated heterocycles. The fourth-order valence-electron chi connectivity index (χ4n) is 2.04. The van der Waals surface area contributed by atoms with Crippen molar-refractivity contribution < 1.29 is 34.5 Å². The summed E-state index contributed by atoms with van der Waals surface area (Å²) in [5.41, 5.74) is 2.13. The van der Waals surface area contributed by atoms with Gasteiger partial charge in [0.1, 0.15) is 12.1 Å². The molecule has 5 N–H and O–H groups in total. The molecule has 2 atom stereocenters. The quantitative estimate of drug-likeness (QED) is 0.374. The van der Waals surface area contributed by atoms with E-state index in [1.807, 2.05) is 31.2 Å². The Balaban J connectivity index is 2.52. The van der Waals surface area contributed by atoms with Crippen molar-refractivity contribution in [2.75, 3.05) is 5.75 Å². The highest BCUT2D eigenvalue weighted by Crippen LogP contribution is 2.14. The zero-order valence-electron chi connectivity index (χ0n) is 14.7. The third-order valence-corrected chi connectivity index (χ3v) is 4.63. The molecule has 0 bridgehead atoms. The van der Waals surface area contributed by atoms with Crippen molar-refractivity contribution >= 4 is 35.7 Å². The highest BCUT2D eigenvalue weighted by atomic mass is 32.2. The molecule has 0 saturated carbocycles. The number of carbonyl (C=O) groups excluding carboxylic acids is 1. The molecule has 0 aliphatic rings. The van der Waals surface area contributed by atoms with Gasteiger partial charge in [-0.15, -0.1) is 0 Å². The van der Waals surface area contributed by atoms with Gasteiger partial charge in [0.15, 0.2) is 0 Å². The number of carboxylic acids is 3. The van der Waals surface area contributed by atoms with Crippen LogP contribution >= 0.6 is 11.8 Å². The minimum atomic E-state index is -1.42. The second-order valence-electron chi connectivity index (χ2n) is 5.83. The molecule has 0 spiro atoms. The average molecular weight is 398 g/mol. The summed E-state index contributed by atoms with van der Waals surface area (Å²) in [4.78, 5) is 44.8. The van der Waals surface area contributed by atoms with E-state index in [-0.39, 0.29) is 12.2 Å². The Morgan fingerprint density at radius 2 is 1.52 bits per heavy atom. The topological polar surface area (TPSA) is 153 Å². The van der Waals surface area contributed by atoms with Crippen LogP contribution in [0.15, 0.2) is 24.3 Å². The SMILES string of the molecule is Cc1ccc(CSC[C@H](NC(=O)N[C@@H](CCC(=O)O)C(=O)O)C(=O)O)cc1. The number of thioether (sulfide) groups is 1. The van der Waals surface area contributed by atoms with E-state index in [1.165, 1.54) is 11.8 Å². The standard InChI is InChI=1S/C17H22N2O7S/c1-10-2-4-11(5-3-10)8-27-9-13(16(24)25)19-17(26)18-12(15(22)23)6-7-14(20)21/h2-5,12-13H,6-9H2,1H3,(H,20,21)(H,22,23)(H,24,25)(H2,18,19,26)/t12-,13-/m0/s1. The van der Waals surface area contributed by atoms with Crippen LogP contribution in [0.1, 0.15) is 24.0 Å². The summed E-state index contributed by atoms with van der Waals surface area (Å²) in [5.74, 6) is -3.20. The number of hydrogen-bond donors (Lipinski definition) is 5. The van der Waals surface area contributed by atoms with Crippen molar-refractivity contribution in [3.05, 3.63) is 35.4 Å². The lowest BCUT2D eigenvalue weighted by Crippen LogP contribution is -2.52. The molecule has 10 heteroatoms. The number of aliphatic carboxylic acids is 3. The van der Waals surface area contributed by atoms with Crippen LogP contribution in [-0.4, -0.2) is 57.1 Å². The molecule has 0 aliphatic heterocycles. The highest BCUT2D eigenvalue weighted by molar-refractivity contribution is 7.98. The molecule has 0 heterocycles. The van der Waals surface area contributed by atoms with E-state index >= 15 is 0 Å². The normalized spacial score (nSPS) is 12.6. The van der Waals surface area contributed by atoms with Crippen LogP contribution in [0.5, 0.6) is 0 Å². The Hall–Kier alpha value is -2.75. The number of aryl methyl sites for hydroxylation is 1. The second-order valence-corrected chi connectivity index (χ2v) is 6.86. The molecule has 0 aliphatic carbocycles. The van der Waals surface area contributed by atoms with Crippen LogP contribution in [0.4, 0.5) is 4.79 Å². The second kappa shape index (κ2) is 11.1. The minimum absolute atomic E-state index is 0.0868. The predicted molar refractivity (Wildman–Crippen MR) is 98.7 cm³/mol. The number of amides is 2. The summed E-state index contributed by atoms with van der Waals surface area (Å²) in [5, 5.41) is 31.1. The molecule has 27 heavy (non-hydrogen) atoms. The van der Waals surface area contributed by atoms with Crippen LogP contribution in [0.2, 0.25) is 0 Å². The van der Waals surface area contributed by atoms with Crippen molar-refractivity contribution in [3.8, 4) is 0 Å². The van der Waals surface area contributed by atoms with Crippen LogP contribution in [0.3, 0.4) is 0 Å². The molecule has 9 nitrogen and oxygen atoms in total. The van der Waals surface area contributed by atoms with Crippen LogP contribution < -0.4 is 10.6 Å². The monoisotopic (exact) mass is 398 g/mol. The number of carbonyl (C=O) groups is 4. The van der Waals surface area contributed by atoms with Gasteiger partial charge >= 0.3 is 23.9 Å². The maximum atomic E-state index is 11.9. The van der Waals surface area contributed by atoms with Crippen LogP contribution in [0, 0.1) is 6.92 Å². The first-order chi connectivity index (χ1) is 12.7.